The van der Waals surface area contributed by atoms with Gasteiger partial charge in [-0.05, 0) is 20.3 Å². The van der Waals surface area contributed by atoms with Crippen LogP contribution in [0.15, 0.2) is 10.4 Å². The molecule has 0 N–H and O–H groups in total. The minimum Gasteiger partial charge on any atom is -0.232 e. The van der Waals surface area contributed by atoms with Crippen LogP contribution < -0.4 is 0 Å². The SMILES string of the molecule is CCCCCN(C(C)C)S(=O)(=O)c1cnc(Cl)s1. The van der Waals surface area contributed by atoms with Crippen LogP contribution >= 0.6 is 22.9 Å². The van der Waals surface area contributed by atoms with Gasteiger partial charge in [0.2, 0.25) is 0 Å². The molecule has 18 heavy (non-hydrogen) atoms. The summed E-state index contributed by atoms with van der Waals surface area (Å²) >= 11 is 6.71. The van der Waals surface area contributed by atoms with Crippen LogP contribution in [0.5, 0.6) is 0 Å². The van der Waals surface area contributed by atoms with Gasteiger partial charge in [-0.15, -0.1) is 0 Å². The number of nitrogens with zero attached hydrogens (tertiary/aromatic N) is 2. The van der Waals surface area contributed by atoms with Gasteiger partial charge in [0.1, 0.15) is 0 Å². The molecule has 1 aromatic rings. The van der Waals surface area contributed by atoms with Crippen molar-refractivity contribution in [3.05, 3.63) is 10.7 Å². The number of hydrogen-bond acceptors (Lipinski definition) is 4. The predicted molar refractivity (Wildman–Crippen MR) is 75.7 cm³/mol. The van der Waals surface area contributed by atoms with E-state index in [1.807, 2.05) is 13.8 Å². The summed E-state index contributed by atoms with van der Waals surface area (Å²) in [7, 11) is -3.46. The van der Waals surface area contributed by atoms with Crippen LogP contribution in [0.1, 0.15) is 40.0 Å². The van der Waals surface area contributed by atoms with Crippen molar-refractivity contribution in [1.82, 2.24) is 9.29 Å². The third-order valence-electron chi connectivity index (χ3n) is 2.58. The number of hydrogen-bond donors (Lipinski definition) is 0. The Morgan fingerprint density at radius 3 is 2.56 bits per heavy atom. The molecule has 0 spiro atoms. The Kier molecular flexibility index (Phi) is 6.04. The topological polar surface area (TPSA) is 50.3 Å². The van der Waals surface area contributed by atoms with Gasteiger partial charge in [-0.1, -0.05) is 42.7 Å². The highest BCUT2D eigenvalue weighted by Gasteiger charge is 2.28. The van der Waals surface area contributed by atoms with Crippen LogP contribution in [0.4, 0.5) is 0 Å². The summed E-state index contributed by atoms with van der Waals surface area (Å²) in [4.78, 5) is 3.80. The van der Waals surface area contributed by atoms with E-state index in [9.17, 15) is 8.42 Å². The second-order valence-corrected chi connectivity index (χ2v) is 8.08. The van der Waals surface area contributed by atoms with Crippen LogP contribution in [0.3, 0.4) is 0 Å². The third kappa shape index (κ3) is 3.91. The lowest BCUT2D eigenvalue weighted by atomic mass is 10.2. The van der Waals surface area contributed by atoms with Crippen molar-refractivity contribution in [3.63, 3.8) is 0 Å². The number of aromatic nitrogens is 1. The van der Waals surface area contributed by atoms with Gasteiger partial charge in [0, 0.05) is 12.6 Å². The standard InChI is InChI=1S/C11H19ClN2O2S2/c1-4-5-6-7-14(9(2)3)18(15,16)10-8-13-11(12)17-10/h8-9H,4-7H2,1-3H3. The molecule has 0 aromatic carbocycles. The van der Waals surface area contributed by atoms with Crippen molar-refractivity contribution < 1.29 is 8.42 Å². The van der Waals surface area contributed by atoms with Gasteiger partial charge < -0.3 is 0 Å². The molecule has 0 bridgehead atoms. The predicted octanol–water partition coefficient (Wildman–Crippen LogP) is 3.39. The summed E-state index contributed by atoms with van der Waals surface area (Å²) in [6, 6.07) is -0.0623. The minimum atomic E-state index is -3.46. The molecular formula is C11H19ClN2O2S2. The monoisotopic (exact) mass is 310 g/mol. The lowest BCUT2D eigenvalue weighted by molar-refractivity contribution is 0.346. The number of thiazole rings is 1. The van der Waals surface area contributed by atoms with Crippen LogP contribution in [0, 0.1) is 0 Å². The quantitative estimate of drug-likeness (QED) is 0.725. The Morgan fingerprint density at radius 2 is 2.11 bits per heavy atom. The van der Waals surface area contributed by atoms with Crippen molar-refractivity contribution >= 4 is 33.0 Å². The zero-order valence-corrected chi connectivity index (χ0v) is 13.3. The fourth-order valence-corrected chi connectivity index (χ4v) is 4.75. The molecule has 0 radical (unpaired) electrons. The minimum absolute atomic E-state index is 0.0623. The normalized spacial score (nSPS) is 12.6. The molecule has 1 rings (SSSR count). The summed E-state index contributed by atoms with van der Waals surface area (Å²) in [5.74, 6) is 0. The molecule has 0 amide bonds. The van der Waals surface area contributed by atoms with Crippen molar-refractivity contribution in [2.24, 2.45) is 0 Å². The van der Waals surface area contributed by atoms with E-state index >= 15 is 0 Å². The molecule has 0 atom stereocenters. The zero-order chi connectivity index (χ0) is 13.8. The third-order valence-corrected chi connectivity index (χ3v) is 6.20. The van der Waals surface area contributed by atoms with E-state index in [1.54, 1.807) is 0 Å². The molecule has 0 aliphatic rings. The molecular weight excluding hydrogens is 292 g/mol. The molecule has 0 aliphatic heterocycles. The lowest BCUT2D eigenvalue weighted by Crippen LogP contribution is -2.37. The second kappa shape index (κ2) is 6.84. The Hall–Kier alpha value is -0.170. The largest absolute Gasteiger partial charge is 0.254 e. The molecule has 0 aliphatic carbocycles. The van der Waals surface area contributed by atoms with Gasteiger partial charge in [-0.3, -0.25) is 0 Å². The summed E-state index contributed by atoms with van der Waals surface area (Å²) in [6.07, 6.45) is 4.30. The van der Waals surface area contributed by atoms with E-state index in [1.165, 1.54) is 10.5 Å². The second-order valence-electron chi connectivity index (χ2n) is 4.35. The average Bonchev–Trinajstić information content (AvgIpc) is 2.71. The van der Waals surface area contributed by atoms with E-state index in [-0.39, 0.29) is 14.7 Å². The van der Waals surface area contributed by atoms with Gasteiger partial charge in [-0.2, -0.15) is 4.31 Å². The Balaban J connectivity index is 2.90. The van der Waals surface area contributed by atoms with Crippen molar-refractivity contribution in [3.8, 4) is 0 Å². The van der Waals surface area contributed by atoms with Crippen LogP contribution in [-0.2, 0) is 10.0 Å². The van der Waals surface area contributed by atoms with Crippen molar-refractivity contribution in [2.75, 3.05) is 6.54 Å². The van der Waals surface area contributed by atoms with E-state index in [2.05, 4.69) is 11.9 Å². The summed E-state index contributed by atoms with van der Waals surface area (Å²) in [5.41, 5.74) is 0. The van der Waals surface area contributed by atoms with Gasteiger partial charge in [0.15, 0.2) is 8.68 Å². The number of unbranched alkanes of at least 4 members (excludes halogenated alkanes) is 2. The highest BCUT2D eigenvalue weighted by atomic mass is 35.5. The lowest BCUT2D eigenvalue weighted by Gasteiger charge is -2.24. The first-order valence-electron chi connectivity index (χ1n) is 6.02. The van der Waals surface area contributed by atoms with Crippen LogP contribution in [-0.4, -0.2) is 30.3 Å². The summed E-state index contributed by atoms with van der Waals surface area (Å²) in [5, 5.41) is 0. The first kappa shape index (κ1) is 15.9. The van der Waals surface area contributed by atoms with E-state index in [0.29, 0.717) is 6.54 Å². The smallest absolute Gasteiger partial charge is 0.232 e. The molecule has 0 fully saturated rings. The van der Waals surface area contributed by atoms with Crippen molar-refractivity contribution in [2.45, 2.75) is 50.3 Å². The Bertz CT molecular complexity index is 471. The van der Waals surface area contributed by atoms with Gasteiger partial charge >= 0.3 is 0 Å². The maximum atomic E-state index is 12.4. The zero-order valence-electron chi connectivity index (χ0n) is 10.9. The molecule has 0 saturated heterocycles. The number of rotatable bonds is 7. The molecule has 1 aromatic heterocycles. The van der Waals surface area contributed by atoms with Crippen molar-refractivity contribution in [1.29, 1.82) is 0 Å². The summed E-state index contributed by atoms with van der Waals surface area (Å²) in [6.45, 7) is 6.40. The van der Waals surface area contributed by atoms with Gasteiger partial charge in [0.05, 0.1) is 6.20 Å². The first-order chi connectivity index (χ1) is 8.39. The number of halogens is 1. The number of sulfonamides is 1. The molecule has 4 nitrogen and oxygen atoms in total. The fraction of sp³-hybridized carbons (Fsp3) is 0.727. The fourth-order valence-electron chi connectivity index (χ4n) is 1.65. The average molecular weight is 311 g/mol. The van der Waals surface area contributed by atoms with E-state index < -0.39 is 10.0 Å². The highest BCUT2D eigenvalue weighted by molar-refractivity contribution is 7.91. The molecule has 0 saturated carbocycles. The molecule has 0 unspecified atom stereocenters. The Morgan fingerprint density at radius 1 is 1.44 bits per heavy atom. The molecule has 104 valence electrons. The van der Waals surface area contributed by atoms with Gasteiger partial charge in [-0.25, -0.2) is 13.4 Å². The highest BCUT2D eigenvalue weighted by Crippen LogP contribution is 2.26. The summed E-state index contributed by atoms with van der Waals surface area (Å²) < 4.78 is 26.8. The maximum Gasteiger partial charge on any atom is 0.254 e. The molecule has 7 heteroatoms. The van der Waals surface area contributed by atoms with Crippen LogP contribution in [0.25, 0.3) is 0 Å². The maximum absolute atomic E-state index is 12.4. The van der Waals surface area contributed by atoms with E-state index in [0.717, 1.165) is 30.6 Å². The van der Waals surface area contributed by atoms with Gasteiger partial charge in [0.25, 0.3) is 10.0 Å². The van der Waals surface area contributed by atoms with E-state index in [4.69, 9.17) is 11.6 Å². The first-order valence-corrected chi connectivity index (χ1v) is 8.66. The van der Waals surface area contributed by atoms with Crippen LogP contribution in [0.2, 0.25) is 4.47 Å². The molecule has 1 heterocycles. The Labute approximate surface area is 118 Å².